The SMILES string of the molecule is CN(C(=O)c1cccc2ncccc12)C1CCC(=O)CC1. The maximum Gasteiger partial charge on any atom is 0.254 e. The highest BCUT2D eigenvalue weighted by Crippen LogP contribution is 2.23. The number of benzene rings is 1. The number of aromatic nitrogens is 1. The third kappa shape index (κ3) is 2.66. The van der Waals surface area contributed by atoms with Crippen LogP contribution in [0.1, 0.15) is 36.0 Å². The molecule has 0 spiro atoms. The van der Waals surface area contributed by atoms with Crippen molar-refractivity contribution in [3.63, 3.8) is 0 Å². The summed E-state index contributed by atoms with van der Waals surface area (Å²) in [6.45, 7) is 0. The lowest BCUT2D eigenvalue weighted by Gasteiger charge is -2.31. The molecule has 1 aromatic heterocycles. The molecule has 21 heavy (non-hydrogen) atoms. The minimum atomic E-state index is 0.00736. The fraction of sp³-hybridized carbons (Fsp3) is 0.353. The number of pyridine rings is 1. The molecule has 0 unspecified atom stereocenters. The average Bonchev–Trinajstić information content (AvgIpc) is 2.53. The van der Waals surface area contributed by atoms with Crippen molar-refractivity contribution < 1.29 is 9.59 Å². The number of fused-ring (bicyclic) bond motifs is 1. The van der Waals surface area contributed by atoms with Crippen LogP contribution in [0.3, 0.4) is 0 Å². The molecule has 1 aliphatic rings. The average molecular weight is 282 g/mol. The van der Waals surface area contributed by atoms with Crippen LogP contribution in [0, 0.1) is 0 Å². The number of carbonyl (C=O) groups excluding carboxylic acids is 2. The minimum Gasteiger partial charge on any atom is -0.339 e. The van der Waals surface area contributed by atoms with Gasteiger partial charge in [0.15, 0.2) is 0 Å². The molecule has 2 aromatic rings. The number of ketones is 1. The van der Waals surface area contributed by atoms with Crippen molar-refractivity contribution in [2.45, 2.75) is 31.7 Å². The van der Waals surface area contributed by atoms with Crippen LogP contribution in [-0.2, 0) is 4.79 Å². The van der Waals surface area contributed by atoms with Crippen molar-refractivity contribution in [1.82, 2.24) is 9.88 Å². The summed E-state index contributed by atoms with van der Waals surface area (Å²) in [6, 6.07) is 9.54. The van der Waals surface area contributed by atoms with E-state index in [0.29, 0.717) is 24.2 Å². The Kier molecular flexibility index (Phi) is 3.69. The number of rotatable bonds is 2. The van der Waals surface area contributed by atoms with Crippen LogP contribution >= 0.6 is 0 Å². The number of hydrogen-bond acceptors (Lipinski definition) is 3. The van der Waals surface area contributed by atoms with Gasteiger partial charge in [-0.25, -0.2) is 0 Å². The van der Waals surface area contributed by atoms with Crippen molar-refractivity contribution >= 4 is 22.6 Å². The highest BCUT2D eigenvalue weighted by atomic mass is 16.2. The molecule has 3 rings (SSSR count). The molecule has 1 saturated carbocycles. The van der Waals surface area contributed by atoms with Crippen LogP contribution in [0.4, 0.5) is 0 Å². The maximum absolute atomic E-state index is 12.8. The molecule has 1 amide bonds. The number of hydrogen-bond donors (Lipinski definition) is 0. The Balaban J connectivity index is 1.88. The van der Waals surface area contributed by atoms with Gasteiger partial charge in [-0.05, 0) is 31.0 Å². The molecule has 1 heterocycles. The second-order valence-electron chi connectivity index (χ2n) is 5.56. The summed E-state index contributed by atoms with van der Waals surface area (Å²) in [7, 11) is 1.83. The van der Waals surface area contributed by atoms with E-state index in [0.717, 1.165) is 23.7 Å². The Hall–Kier alpha value is -2.23. The van der Waals surface area contributed by atoms with E-state index < -0.39 is 0 Å². The first-order chi connectivity index (χ1) is 10.2. The normalized spacial score (nSPS) is 16.1. The topological polar surface area (TPSA) is 50.3 Å². The lowest BCUT2D eigenvalue weighted by atomic mass is 9.93. The van der Waals surface area contributed by atoms with E-state index in [2.05, 4.69) is 4.98 Å². The smallest absolute Gasteiger partial charge is 0.254 e. The predicted molar refractivity (Wildman–Crippen MR) is 81.1 cm³/mol. The van der Waals surface area contributed by atoms with Gasteiger partial charge in [0.05, 0.1) is 5.52 Å². The van der Waals surface area contributed by atoms with Crippen LogP contribution in [0.2, 0.25) is 0 Å². The molecular formula is C17H18N2O2. The van der Waals surface area contributed by atoms with E-state index >= 15 is 0 Å². The molecule has 0 bridgehead atoms. The van der Waals surface area contributed by atoms with Crippen molar-refractivity contribution in [2.24, 2.45) is 0 Å². The molecule has 108 valence electrons. The molecule has 0 atom stereocenters. The van der Waals surface area contributed by atoms with Gasteiger partial charge in [0.25, 0.3) is 5.91 Å². The maximum atomic E-state index is 12.8. The zero-order chi connectivity index (χ0) is 14.8. The van der Waals surface area contributed by atoms with Crippen LogP contribution in [0.5, 0.6) is 0 Å². The van der Waals surface area contributed by atoms with Gasteiger partial charge in [-0.1, -0.05) is 12.1 Å². The Morgan fingerprint density at radius 2 is 1.95 bits per heavy atom. The summed E-state index contributed by atoms with van der Waals surface area (Å²) in [5.41, 5.74) is 1.51. The van der Waals surface area contributed by atoms with Crippen LogP contribution < -0.4 is 0 Å². The zero-order valence-electron chi connectivity index (χ0n) is 12.1. The second kappa shape index (κ2) is 5.64. The van der Waals surface area contributed by atoms with Crippen LogP contribution in [-0.4, -0.2) is 34.7 Å². The van der Waals surface area contributed by atoms with Crippen LogP contribution in [0.15, 0.2) is 36.5 Å². The van der Waals surface area contributed by atoms with Gasteiger partial charge in [0, 0.05) is 43.1 Å². The Morgan fingerprint density at radius 1 is 1.19 bits per heavy atom. The minimum absolute atomic E-state index is 0.00736. The summed E-state index contributed by atoms with van der Waals surface area (Å²) < 4.78 is 0. The third-order valence-corrected chi connectivity index (χ3v) is 4.26. The lowest BCUT2D eigenvalue weighted by molar-refractivity contribution is -0.121. The van der Waals surface area contributed by atoms with Gasteiger partial charge in [0.1, 0.15) is 5.78 Å². The van der Waals surface area contributed by atoms with Gasteiger partial charge < -0.3 is 4.90 Å². The molecule has 1 aliphatic carbocycles. The fourth-order valence-electron chi connectivity index (χ4n) is 2.96. The molecule has 4 nitrogen and oxygen atoms in total. The summed E-state index contributed by atoms with van der Waals surface area (Å²) in [5.74, 6) is 0.314. The first kappa shape index (κ1) is 13.7. The molecule has 4 heteroatoms. The standard InChI is InChI=1S/C17H18N2O2/c1-19(12-7-9-13(20)10-8-12)17(21)15-4-2-6-16-14(15)5-3-11-18-16/h2-6,11-12H,7-10H2,1H3. The van der Waals surface area contributed by atoms with Crippen molar-refractivity contribution in [3.8, 4) is 0 Å². The van der Waals surface area contributed by atoms with Crippen molar-refractivity contribution in [2.75, 3.05) is 7.05 Å². The second-order valence-corrected chi connectivity index (χ2v) is 5.56. The van der Waals surface area contributed by atoms with E-state index in [4.69, 9.17) is 0 Å². The Bertz CT molecular complexity index is 681. The third-order valence-electron chi connectivity index (χ3n) is 4.26. The van der Waals surface area contributed by atoms with Gasteiger partial charge in [-0.3, -0.25) is 14.6 Å². The van der Waals surface area contributed by atoms with E-state index in [9.17, 15) is 9.59 Å². The summed E-state index contributed by atoms with van der Waals surface area (Å²) in [5, 5.41) is 0.878. The molecule has 0 saturated heterocycles. The number of nitrogens with zero attached hydrogens (tertiary/aromatic N) is 2. The highest BCUT2D eigenvalue weighted by molar-refractivity contribution is 6.06. The predicted octanol–water partition coefficient (Wildman–Crippen LogP) is 2.82. The number of carbonyl (C=O) groups is 2. The lowest BCUT2D eigenvalue weighted by Crippen LogP contribution is -2.39. The zero-order valence-corrected chi connectivity index (χ0v) is 12.1. The van der Waals surface area contributed by atoms with Crippen LogP contribution in [0.25, 0.3) is 10.9 Å². The molecule has 0 aliphatic heterocycles. The largest absolute Gasteiger partial charge is 0.339 e. The fourth-order valence-corrected chi connectivity index (χ4v) is 2.96. The summed E-state index contributed by atoms with van der Waals surface area (Å²) in [6.07, 6.45) is 4.43. The highest BCUT2D eigenvalue weighted by Gasteiger charge is 2.26. The summed E-state index contributed by atoms with van der Waals surface area (Å²) >= 11 is 0. The number of Topliss-reactive ketones (excluding diaryl/α,β-unsaturated/α-hetero) is 1. The van der Waals surface area contributed by atoms with Crippen molar-refractivity contribution in [3.05, 3.63) is 42.1 Å². The Labute approximate surface area is 123 Å². The van der Waals surface area contributed by atoms with Gasteiger partial charge in [-0.2, -0.15) is 0 Å². The van der Waals surface area contributed by atoms with E-state index in [-0.39, 0.29) is 11.9 Å². The first-order valence-corrected chi connectivity index (χ1v) is 7.29. The first-order valence-electron chi connectivity index (χ1n) is 7.29. The van der Waals surface area contributed by atoms with Gasteiger partial charge in [0.2, 0.25) is 0 Å². The molecule has 1 fully saturated rings. The van der Waals surface area contributed by atoms with Crippen molar-refractivity contribution in [1.29, 1.82) is 0 Å². The summed E-state index contributed by atoms with van der Waals surface area (Å²) in [4.78, 5) is 30.2. The monoisotopic (exact) mass is 282 g/mol. The quantitative estimate of drug-likeness (QED) is 0.851. The molecule has 0 N–H and O–H groups in total. The Morgan fingerprint density at radius 3 is 2.71 bits per heavy atom. The van der Waals surface area contributed by atoms with E-state index in [1.54, 1.807) is 11.1 Å². The van der Waals surface area contributed by atoms with Gasteiger partial charge in [-0.15, -0.1) is 0 Å². The van der Waals surface area contributed by atoms with Gasteiger partial charge >= 0.3 is 0 Å². The molecular weight excluding hydrogens is 264 g/mol. The van der Waals surface area contributed by atoms with E-state index in [1.165, 1.54) is 0 Å². The van der Waals surface area contributed by atoms with E-state index in [1.807, 2.05) is 37.4 Å². The molecule has 0 radical (unpaired) electrons. The molecule has 1 aromatic carbocycles. The number of amides is 1.